The molecule has 0 aromatic heterocycles. The minimum absolute atomic E-state index is 0.0524. The van der Waals surface area contributed by atoms with Crippen LogP contribution in [-0.4, -0.2) is 44.0 Å². The standard InChI is InChI=1S/C43H63NO5/c1-5-6-7-8-9-10-11-12-13-14-15-16-17-18-22-25-42(46)44-41(35(2)45)34-49-43(36-23-20-19-21-24-36,37-26-30-39(47-3)31-27-37)38-28-32-40(48-4)33-29-38/h19-21,23-24,26-33,35,41,45H,5-18,22,25,34H2,1-4H3,(H,44,46)/t35-,41-/m0/s1. The summed E-state index contributed by atoms with van der Waals surface area (Å²) < 4.78 is 17.8. The monoisotopic (exact) mass is 673 g/mol. The first kappa shape index (κ1) is 40.1. The molecule has 1 amide bonds. The van der Waals surface area contributed by atoms with Crippen LogP contribution in [0, 0.1) is 0 Å². The summed E-state index contributed by atoms with van der Waals surface area (Å²) in [5, 5.41) is 13.9. The first-order valence-electron chi connectivity index (χ1n) is 18.9. The lowest BCUT2D eigenvalue weighted by molar-refractivity contribution is -0.124. The van der Waals surface area contributed by atoms with E-state index >= 15 is 0 Å². The van der Waals surface area contributed by atoms with Crippen LogP contribution in [0.3, 0.4) is 0 Å². The third-order valence-corrected chi connectivity index (χ3v) is 9.59. The van der Waals surface area contributed by atoms with Crippen molar-refractivity contribution in [2.24, 2.45) is 0 Å². The van der Waals surface area contributed by atoms with Crippen LogP contribution in [0.5, 0.6) is 11.5 Å². The molecule has 3 rings (SSSR count). The number of ether oxygens (including phenoxy) is 3. The molecule has 0 unspecified atom stereocenters. The minimum atomic E-state index is -1.02. The van der Waals surface area contributed by atoms with Crippen molar-refractivity contribution >= 4 is 5.91 Å². The molecule has 2 atom stereocenters. The second kappa shape index (κ2) is 23.1. The fraction of sp³-hybridized carbons (Fsp3) is 0.558. The fourth-order valence-corrected chi connectivity index (χ4v) is 6.53. The molecule has 0 aliphatic rings. The normalized spacial score (nSPS) is 12.8. The van der Waals surface area contributed by atoms with Crippen LogP contribution in [0.4, 0.5) is 0 Å². The summed E-state index contributed by atoms with van der Waals surface area (Å²) >= 11 is 0. The molecule has 3 aromatic carbocycles. The molecule has 0 bridgehead atoms. The summed E-state index contributed by atoms with van der Waals surface area (Å²) in [6, 6.07) is 25.2. The van der Waals surface area contributed by atoms with Gasteiger partial charge < -0.3 is 24.6 Å². The highest BCUT2D eigenvalue weighted by atomic mass is 16.5. The van der Waals surface area contributed by atoms with Gasteiger partial charge in [-0.25, -0.2) is 0 Å². The van der Waals surface area contributed by atoms with Crippen molar-refractivity contribution in [2.75, 3.05) is 20.8 Å². The van der Waals surface area contributed by atoms with Crippen molar-refractivity contribution in [3.63, 3.8) is 0 Å². The molecule has 6 nitrogen and oxygen atoms in total. The van der Waals surface area contributed by atoms with E-state index in [0.717, 1.165) is 47.5 Å². The Hall–Kier alpha value is -3.35. The summed E-state index contributed by atoms with van der Waals surface area (Å²) in [6.07, 6.45) is 19.0. The van der Waals surface area contributed by atoms with Crippen LogP contribution in [0.25, 0.3) is 0 Å². The number of nitrogens with one attached hydrogen (secondary N) is 1. The smallest absolute Gasteiger partial charge is 0.220 e. The molecule has 2 N–H and O–H groups in total. The Labute approximate surface area is 297 Å². The molecule has 0 aliphatic heterocycles. The predicted molar refractivity (Wildman–Crippen MR) is 201 cm³/mol. The Morgan fingerprint density at radius 2 is 1.04 bits per heavy atom. The van der Waals surface area contributed by atoms with E-state index in [-0.39, 0.29) is 12.5 Å². The summed E-state index contributed by atoms with van der Waals surface area (Å²) in [7, 11) is 3.30. The van der Waals surface area contributed by atoms with Crippen LogP contribution in [0.2, 0.25) is 0 Å². The maximum atomic E-state index is 13.1. The minimum Gasteiger partial charge on any atom is -0.497 e. The molecular weight excluding hydrogens is 610 g/mol. The highest BCUT2D eigenvalue weighted by Crippen LogP contribution is 2.41. The van der Waals surface area contributed by atoms with Crippen molar-refractivity contribution in [2.45, 2.75) is 134 Å². The average molecular weight is 674 g/mol. The Morgan fingerprint density at radius 3 is 1.45 bits per heavy atom. The lowest BCUT2D eigenvalue weighted by atomic mass is 9.80. The van der Waals surface area contributed by atoms with Gasteiger partial charge in [0.1, 0.15) is 17.1 Å². The predicted octanol–water partition coefficient (Wildman–Crippen LogP) is 10.1. The second-order valence-corrected chi connectivity index (χ2v) is 13.4. The van der Waals surface area contributed by atoms with Gasteiger partial charge in [-0.2, -0.15) is 0 Å². The Kier molecular flexibility index (Phi) is 18.9. The first-order valence-corrected chi connectivity index (χ1v) is 18.9. The summed E-state index contributed by atoms with van der Waals surface area (Å²) in [5.41, 5.74) is 1.71. The van der Waals surface area contributed by atoms with Gasteiger partial charge in [-0.3, -0.25) is 4.79 Å². The van der Waals surface area contributed by atoms with E-state index < -0.39 is 17.7 Å². The molecule has 0 heterocycles. The largest absolute Gasteiger partial charge is 0.497 e. The molecule has 0 fully saturated rings. The zero-order valence-corrected chi connectivity index (χ0v) is 30.8. The van der Waals surface area contributed by atoms with Crippen molar-refractivity contribution in [1.29, 1.82) is 0 Å². The molecule has 0 saturated carbocycles. The number of rotatable bonds is 26. The number of hydrogen-bond donors (Lipinski definition) is 2. The maximum Gasteiger partial charge on any atom is 0.220 e. The van der Waals surface area contributed by atoms with Crippen molar-refractivity contribution in [3.8, 4) is 11.5 Å². The van der Waals surface area contributed by atoms with Crippen LogP contribution in [0.15, 0.2) is 78.9 Å². The van der Waals surface area contributed by atoms with Crippen LogP contribution in [-0.2, 0) is 15.1 Å². The van der Waals surface area contributed by atoms with Gasteiger partial charge in [0, 0.05) is 6.42 Å². The molecule has 49 heavy (non-hydrogen) atoms. The number of aliphatic hydroxyl groups is 1. The quantitative estimate of drug-likeness (QED) is 0.0655. The number of aliphatic hydroxyl groups excluding tert-OH is 1. The van der Waals surface area contributed by atoms with Gasteiger partial charge >= 0.3 is 0 Å². The van der Waals surface area contributed by atoms with Crippen LogP contribution < -0.4 is 14.8 Å². The highest BCUT2D eigenvalue weighted by molar-refractivity contribution is 5.76. The number of hydrogen-bond acceptors (Lipinski definition) is 5. The molecule has 0 saturated heterocycles. The maximum absolute atomic E-state index is 13.1. The van der Waals surface area contributed by atoms with E-state index in [1.165, 1.54) is 77.0 Å². The number of amides is 1. The Morgan fingerprint density at radius 1 is 0.633 bits per heavy atom. The second-order valence-electron chi connectivity index (χ2n) is 13.4. The zero-order valence-electron chi connectivity index (χ0n) is 30.8. The van der Waals surface area contributed by atoms with E-state index in [4.69, 9.17) is 14.2 Å². The van der Waals surface area contributed by atoms with E-state index in [9.17, 15) is 9.90 Å². The molecule has 270 valence electrons. The molecule has 3 aromatic rings. The van der Waals surface area contributed by atoms with Gasteiger partial charge in [0.15, 0.2) is 0 Å². The van der Waals surface area contributed by atoms with Gasteiger partial charge in [-0.15, -0.1) is 0 Å². The molecule has 0 spiro atoms. The highest BCUT2D eigenvalue weighted by Gasteiger charge is 2.39. The lowest BCUT2D eigenvalue weighted by Crippen LogP contribution is -2.47. The first-order chi connectivity index (χ1) is 23.9. The van der Waals surface area contributed by atoms with E-state index in [2.05, 4.69) is 12.2 Å². The number of unbranched alkanes of at least 4 members (excludes halogenated alkanes) is 14. The topological polar surface area (TPSA) is 77.0 Å². The van der Waals surface area contributed by atoms with Gasteiger partial charge in [-0.1, -0.05) is 151 Å². The summed E-state index contributed by atoms with van der Waals surface area (Å²) in [5.74, 6) is 1.44. The Balaban J connectivity index is 1.54. The third-order valence-electron chi connectivity index (χ3n) is 9.59. The van der Waals surface area contributed by atoms with Gasteiger partial charge in [0.05, 0.1) is 33.0 Å². The molecule has 6 heteroatoms. The van der Waals surface area contributed by atoms with Crippen LogP contribution >= 0.6 is 0 Å². The average Bonchev–Trinajstić information content (AvgIpc) is 3.13. The summed E-state index contributed by atoms with van der Waals surface area (Å²) in [4.78, 5) is 13.1. The summed E-state index contributed by atoms with van der Waals surface area (Å²) in [6.45, 7) is 4.08. The van der Waals surface area contributed by atoms with Gasteiger partial charge in [0.25, 0.3) is 0 Å². The lowest BCUT2D eigenvalue weighted by Gasteiger charge is -2.37. The van der Waals surface area contributed by atoms with Gasteiger partial charge in [-0.05, 0) is 54.3 Å². The van der Waals surface area contributed by atoms with Crippen molar-refractivity contribution in [3.05, 3.63) is 95.6 Å². The molecule has 0 radical (unpaired) electrons. The number of carbonyl (C=O) groups is 1. The molecule has 0 aliphatic carbocycles. The van der Waals surface area contributed by atoms with Gasteiger partial charge in [0.2, 0.25) is 5.91 Å². The zero-order chi connectivity index (χ0) is 35.2. The van der Waals surface area contributed by atoms with E-state index in [1.54, 1.807) is 21.1 Å². The number of benzene rings is 3. The SMILES string of the molecule is CCCCCCCCCCCCCCCCCC(=O)N[C@@H](COC(c1ccccc1)(c1ccc(OC)cc1)c1ccc(OC)cc1)[C@H](C)O. The number of carbonyl (C=O) groups excluding carboxylic acids is 1. The molecular formula is C43H63NO5. The van der Waals surface area contributed by atoms with Crippen molar-refractivity contribution < 1.29 is 24.1 Å². The van der Waals surface area contributed by atoms with E-state index in [0.29, 0.717) is 6.42 Å². The van der Waals surface area contributed by atoms with Crippen LogP contribution in [0.1, 0.15) is 133 Å². The number of methoxy groups -OCH3 is 2. The van der Waals surface area contributed by atoms with E-state index in [1.807, 2.05) is 78.9 Å². The van der Waals surface area contributed by atoms with Crippen molar-refractivity contribution in [1.82, 2.24) is 5.32 Å². The fourth-order valence-electron chi connectivity index (χ4n) is 6.53. The Bertz CT molecular complexity index is 1230. The third kappa shape index (κ3) is 13.5.